The molecule has 2 nitrogen and oxygen atoms in total. The third-order valence-corrected chi connectivity index (χ3v) is 2.91. The van der Waals surface area contributed by atoms with Crippen molar-refractivity contribution in [2.75, 3.05) is 12.4 Å². The molecule has 0 aliphatic heterocycles. The molecule has 0 atom stereocenters. The van der Waals surface area contributed by atoms with E-state index in [4.69, 9.17) is 4.74 Å². The molecule has 0 unspecified atom stereocenters. The van der Waals surface area contributed by atoms with E-state index in [1.165, 1.54) is 18.2 Å². The Morgan fingerprint density at radius 3 is 2.62 bits per heavy atom. The fourth-order valence-electron chi connectivity index (χ4n) is 1.72. The number of rotatable bonds is 5. The van der Waals surface area contributed by atoms with Gasteiger partial charge in [-0.2, -0.15) is 0 Å². The second-order valence-corrected chi connectivity index (χ2v) is 4.46. The molecule has 0 saturated heterocycles. The Kier molecular flexibility index (Phi) is 5.53. The first kappa shape index (κ1) is 13.2. The van der Waals surface area contributed by atoms with E-state index in [0.29, 0.717) is 5.56 Å². The average molecular weight is 285 g/mol. The summed E-state index contributed by atoms with van der Waals surface area (Å²) in [6, 6.07) is 5.82. The Hall–Kier alpha value is -0.830. The van der Waals surface area contributed by atoms with Gasteiger partial charge < -0.3 is 4.74 Å². The second kappa shape index (κ2) is 6.69. The molecule has 88 valence electrons. The van der Waals surface area contributed by atoms with Crippen molar-refractivity contribution in [3.63, 3.8) is 0 Å². The number of benzene rings is 1. The molecular weight excluding hydrogens is 268 g/mol. The predicted octanol–water partition coefficient (Wildman–Crippen LogP) is 3.36. The molecule has 1 rings (SSSR count). The highest BCUT2D eigenvalue weighted by atomic mass is 79.9. The molecule has 1 aromatic rings. The van der Waals surface area contributed by atoms with Crippen molar-refractivity contribution < 1.29 is 9.53 Å². The lowest BCUT2D eigenvalue weighted by Crippen LogP contribution is -2.04. The monoisotopic (exact) mass is 284 g/mol. The molecular formula is C13H17BrO2. The summed E-state index contributed by atoms with van der Waals surface area (Å²) >= 11 is 3.43. The van der Waals surface area contributed by atoms with Crippen LogP contribution in [0.15, 0.2) is 18.2 Å². The van der Waals surface area contributed by atoms with E-state index >= 15 is 0 Å². The minimum atomic E-state index is -0.265. The van der Waals surface area contributed by atoms with Gasteiger partial charge in [0.15, 0.2) is 0 Å². The average Bonchev–Trinajstić information content (AvgIpc) is 2.31. The Bertz CT molecular complexity index is 361. The number of hydrogen-bond donors (Lipinski definition) is 0. The summed E-state index contributed by atoms with van der Waals surface area (Å²) in [4.78, 5) is 11.4. The summed E-state index contributed by atoms with van der Waals surface area (Å²) in [5.74, 6) is -0.265. The molecule has 0 bridgehead atoms. The summed E-state index contributed by atoms with van der Waals surface area (Å²) in [7, 11) is 1.41. The molecule has 0 fully saturated rings. The number of alkyl halides is 1. The maximum Gasteiger partial charge on any atom is 0.337 e. The van der Waals surface area contributed by atoms with Gasteiger partial charge in [-0.05, 0) is 36.1 Å². The van der Waals surface area contributed by atoms with Gasteiger partial charge in [-0.1, -0.05) is 35.3 Å². The van der Waals surface area contributed by atoms with Crippen LogP contribution in [0.1, 0.15) is 34.8 Å². The molecule has 0 N–H and O–H groups in total. The van der Waals surface area contributed by atoms with Gasteiger partial charge in [-0.3, -0.25) is 0 Å². The minimum absolute atomic E-state index is 0.265. The Morgan fingerprint density at radius 1 is 1.31 bits per heavy atom. The van der Waals surface area contributed by atoms with Gasteiger partial charge in [0.1, 0.15) is 0 Å². The molecule has 0 heterocycles. The zero-order chi connectivity index (χ0) is 12.0. The first-order valence-electron chi connectivity index (χ1n) is 5.49. The van der Waals surface area contributed by atoms with Gasteiger partial charge in [-0.15, -0.1) is 0 Å². The van der Waals surface area contributed by atoms with E-state index in [1.807, 2.05) is 18.2 Å². The molecule has 0 radical (unpaired) electrons. The van der Waals surface area contributed by atoms with Crippen LogP contribution in [0.3, 0.4) is 0 Å². The zero-order valence-electron chi connectivity index (χ0n) is 9.75. The Balaban J connectivity index is 3.01. The largest absolute Gasteiger partial charge is 0.465 e. The smallest absolute Gasteiger partial charge is 0.337 e. The molecule has 0 aromatic heterocycles. The minimum Gasteiger partial charge on any atom is -0.465 e. The van der Waals surface area contributed by atoms with Crippen molar-refractivity contribution in [1.82, 2.24) is 0 Å². The van der Waals surface area contributed by atoms with Crippen LogP contribution in [0, 0.1) is 0 Å². The van der Waals surface area contributed by atoms with Gasteiger partial charge in [0.05, 0.1) is 12.7 Å². The Labute approximate surface area is 105 Å². The highest BCUT2D eigenvalue weighted by Crippen LogP contribution is 2.16. The topological polar surface area (TPSA) is 26.3 Å². The normalized spacial score (nSPS) is 10.2. The lowest BCUT2D eigenvalue weighted by molar-refractivity contribution is 0.0600. The summed E-state index contributed by atoms with van der Waals surface area (Å²) < 4.78 is 4.72. The van der Waals surface area contributed by atoms with E-state index in [9.17, 15) is 4.79 Å². The van der Waals surface area contributed by atoms with Crippen molar-refractivity contribution in [3.8, 4) is 0 Å². The molecule has 3 heteroatoms. The van der Waals surface area contributed by atoms with E-state index in [1.54, 1.807) is 0 Å². The lowest BCUT2D eigenvalue weighted by atomic mass is 9.98. The third-order valence-electron chi connectivity index (χ3n) is 2.51. The maximum atomic E-state index is 11.4. The summed E-state index contributed by atoms with van der Waals surface area (Å²) in [5.41, 5.74) is 3.20. The summed E-state index contributed by atoms with van der Waals surface area (Å²) in [5, 5.41) is 0.911. The number of methoxy groups -OCH3 is 1. The number of carbonyl (C=O) groups is 1. The Morgan fingerprint density at radius 2 is 2.06 bits per heavy atom. The number of hydrogen-bond acceptors (Lipinski definition) is 2. The molecule has 0 aliphatic carbocycles. The molecule has 0 saturated carbocycles. The van der Waals surface area contributed by atoms with Crippen LogP contribution in [0.25, 0.3) is 0 Å². The van der Waals surface area contributed by atoms with Gasteiger partial charge in [0.25, 0.3) is 0 Å². The van der Waals surface area contributed by atoms with Crippen molar-refractivity contribution in [3.05, 3.63) is 34.9 Å². The van der Waals surface area contributed by atoms with E-state index < -0.39 is 0 Å². The van der Waals surface area contributed by atoms with E-state index in [0.717, 1.165) is 24.6 Å². The molecule has 1 aromatic carbocycles. The number of carbonyl (C=O) groups excluding carboxylic acids is 1. The molecule has 16 heavy (non-hydrogen) atoms. The van der Waals surface area contributed by atoms with Crippen molar-refractivity contribution in [1.29, 1.82) is 0 Å². The first-order valence-corrected chi connectivity index (χ1v) is 6.61. The zero-order valence-corrected chi connectivity index (χ0v) is 11.3. The van der Waals surface area contributed by atoms with Gasteiger partial charge >= 0.3 is 5.97 Å². The quantitative estimate of drug-likeness (QED) is 0.612. The molecule has 0 aliphatic rings. The van der Waals surface area contributed by atoms with E-state index in [-0.39, 0.29) is 5.97 Å². The van der Waals surface area contributed by atoms with Crippen molar-refractivity contribution in [2.45, 2.75) is 26.2 Å². The van der Waals surface area contributed by atoms with Crippen LogP contribution in [0.5, 0.6) is 0 Å². The fourth-order valence-corrected chi connectivity index (χ4v) is 2.15. The molecule has 0 amide bonds. The van der Waals surface area contributed by atoms with Crippen LogP contribution in [-0.2, 0) is 17.6 Å². The van der Waals surface area contributed by atoms with Crippen LogP contribution in [-0.4, -0.2) is 18.4 Å². The van der Waals surface area contributed by atoms with Gasteiger partial charge in [0, 0.05) is 5.33 Å². The maximum absolute atomic E-state index is 11.4. The van der Waals surface area contributed by atoms with Crippen LogP contribution in [0.4, 0.5) is 0 Å². The highest BCUT2D eigenvalue weighted by Gasteiger charge is 2.08. The highest BCUT2D eigenvalue weighted by molar-refractivity contribution is 9.09. The summed E-state index contributed by atoms with van der Waals surface area (Å²) in [6.07, 6.45) is 3.12. The van der Waals surface area contributed by atoms with Crippen molar-refractivity contribution >= 4 is 21.9 Å². The number of esters is 1. The van der Waals surface area contributed by atoms with Crippen molar-refractivity contribution in [2.24, 2.45) is 0 Å². The number of aryl methyl sites for hydroxylation is 2. The lowest BCUT2D eigenvalue weighted by Gasteiger charge is -2.09. The number of ether oxygens (including phenoxy) is 1. The van der Waals surface area contributed by atoms with Gasteiger partial charge in [0.2, 0.25) is 0 Å². The van der Waals surface area contributed by atoms with Crippen LogP contribution >= 0.6 is 15.9 Å². The SMILES string of the molecule is CCCc1ccc(C(=O)OC)cc1CCBr. The standard InChI is InChI=1S/C13H17BrO2/c1-3-4-10-5-6-12(13(15)16-2)9-11(10)7-8-14/h5-6,9H,3-4,7-8H2,1-2H3. The summed E-state index contributed by atoms with van der Waals surface area (Å²) in [6.45, 7) is 2.16. The predicted molar refractivity (Wildman–Crippen MR) is 69.3 cm³/mol. The number of halogens is 1. The second-order valence-electron chi connectivity index (χ2n) is 3.66. The molecule has 0 spiro atoms. The van der Waals surface area contributed by atoms with Crippen LogP contribution in [0.2, 0.25) is 0 Å². The van der Waals surface area contributed by atoms with E-state index in [2.05, 4.69) is 22.9 Å². The van der Waals surface area contributed by atoms with Crippen LogP contribution < -0.4 is 0 Å². The third kappa shape index (κ3) is 3.34. The first-order chi connectivity index (χ1) is 7.72. The fraction of sp³-hybridized carbons (Fsp3) is 0.462. The van der Waals surface area contributed by atoms with Gasteiger partial charge in [-0.25, -0.2) is 4.79 Å².